The van der Waals surface area contributed by atoms with Gasteiger partial charge >= 0.3 is 0 Å². The molecule has 0 bridgehead atoms. The maximum atomic E-state index is 13.1. The largest absolute Gasteiger partial charge is 0.493 e. The summed E-state index contributed by atoms with van der Waals surface area (Å²) in [5, 5.41) is 2.93. The number of furan rings is 1. The van der Waals surface area contributed by atoms with Gasteiger partial charge in [0.15, 0.2) is 0 Å². The van der Waals surface area contributed by atoms with E-state index in [1.807, 2.05) is 37.3 Å². The number of nitrogens with zero attached hydrogens (tertiary/aromatic N) is 4. The summed E-state index contributed by atoms with van der Waals surface area (Å²) in [6, 6.07) is 11.2. The van der Waals surface area contributed by atoms with E-state index in [0.717, 1.165) is 32.5 Å². The van der Waals surface area contributed by atoms with Crippen molar-refractivity contribution in [1.29, 1.82) is 0 Å². The lowest BCUT2D eigenvalue weighted by Gasteiger charge is -2.27. The molecule has 1 N–H and O–H groups in total. The number of carbonyl (C=O) groups is 3. The number of halogens is 2. The zero-order chi connectivity index (χ0) is 29.4. The van der Waals surface area contributed by atoms with E-state index in [1.54, 1.807) is 49.2 Å². The number of hydrogen-bond acceptors (Lipinski definition) is 7. The van der Waals surface area contributed by atoms with Crippen LogP contribution in [-0.4, -0.2) is 67.4 Å². The smallest absolute Gasteiger partial charge is 0.254 e. The quantitative estimate of drug-likeness (QED) is 0.209. The molecule has 1 aliphatic rings. The predicted octanol–water partition coefficient (Wildman–Crippen LogP) is 4.96. The van der Waals surface area contributed by atoms with Gasteiger partial charge in [0.2, 0.25) is 11.8 Å². The van der Waals surface area contributed by atoms with Gasteiger partial charge in [-0.3, -0.25) is 24.3 Å². The van der Waals surface area contributed by atoms with Crippen LogP contribution in [0.2, 0.25) is 0 Å². The first-order valence-corrected chi connectivity index (χ1v) is 14.0. The van der Waals surface area contributed by atoms with E-state index in [1.165, 1.54) is 18.1 Å². The first-order chi connectivity index (χ1) is 19.7. The maximum absolute atomic E-state index is 13.1. The number of anilines is 2. The molecule has 0 spiro atoms. The van der Waals surface area contributed by atoms with Gasteiger partial charge in [0.1, 0.15) is 17.4 Å². The molecule has 0 fully saturated rings. The van der Waals surface area contributed by atoms with Crippen LogP contribution in [0.5, 0.6) is 5.75 Å². The Hall–Kier alpha value is -3.60. The molecule has 1 aliphatic heterocycles. The molecule has 0 saturated carbocycles. The molecule has 0 atom stereocenters. The van der Waals surface area contributed by atoms with Crippen molar-refractivity contribution in [2.75, 3.05) is 49.6 Å². The first-order valence-electron chi connectivity index (χ1n) is 14.0. The van der Waals surface area contributed by atoms with Gasteiger partial charge in [0.25, 0.3) is 5.91 Å². The van der Waals surface area contributed by atoms with E-state index >= 15 is 0 Å². The lowest BCUT2D eigenvalue weighted by molar-refractivity contribution is -0.137. The second-order valence-electron chi connectivity index (χ2n) is 10.6. The van der Waals surface area contributed by atoms with Crippen LogP contribution in [-0.2, 0) is 16.1 Å². The third-order valence-corrected chi connectivity index (χ3v) is 7.30. The van der Waals surface area contributed by atoms with Crippen molar-refractivity contribution in [3.63, 3.8) is 0 Å². The van der Waals surface area contributed by atoms with Crippen molar-refractivity contribution < 1.29 is 23.5 Å². The van der Waals surface area contributed by atoms with Crippen molar-refractivity contribution in [3.8, 4) is 5.75 Å². The summed E-state index contributed by atoms with van der Waals surface area (Å²) in [6.45, 7) is 9.13. The van der Waals surface area contributed by atoms with Crippen LogP contribution < -0.4 is 19.9 Å². The Bertz CT molecular complexity index is 1340. The van der Waals surface area contributed by atoms with E-state index in [9.17, 15) is 14.4 Å². The summed E-state index contributed by atoms with van der Waals surface area (Å²) in [5.41, 5.74) is 1.90. The molecule has 0 saturated heterocycles. The van der Waals surface area contributed by atoms with Crippen molar-refractivity contribution in [3.05, 3.63) is 72.4 Å². The molecule has 12 heteroatoms. The number of carbonyl (C=O) groups excluding carboxylic acids is 3. The van der Waals surface area contributed by atoms with Crippen molar-refractivity contribution in [1.82, 2.24) is 15.2 Å². The molecule has 4 rings (SSSR count). The Morgan fingerprint density at radius 2 is 1.74 bits per heavy atom. The fourth-order valence-corrected chi connectivity index (χ4v) is 4.97. The minimum Gasteiger partial charge on any atom is -0.493 e. The van der Waals surface area contributed by atoms with E-state index in [0.29, 0.717) is 42.4 Å². The van der Waals surface area contributed by atoms with E-state index in [4.69, 9.17) is 9.15 Å². The van der Waals surface area contributed by atoms with Gasteiger partial charge in [-0.25, -0.2) is 0 Å². The number of hydrogen-bond donors (Lipinski definition) is 1. The Morgan fingerprint density at radius 1 is 1.02 bits per heavy atom. The zero-order valence-corrected chi connectivity index (χ0v) is 26.7. The van der Waals surface area contributed by atoms with Gasteiger partial charge in [-0.1, -0.05) is 0 Å². The monoisotopic (exact) mass is 633 g/mol. The summed E-state index contributed by atoms with van der Waals surface area (Å²) in [4.78, 5) is 48.0. The van der Waals surface area contributed by atoms with Gasteiger partial charge in [0.05, 0.1) is 29.8 Å². The number of pyridine rings is 1. The average molecular weight is 635 g/mol. The van der Waals surface area contributed by atoms with Crippen molar-refractivity contribution >= 4 is 53.9 Å². The molecule has 234 valence electrons. The Kier molecular flexibility index (Phi) is 13.5. The summed E-state index contributed by atoms with van der Waals surface area (Å²) < 4.78 is 11.1. The molecule has 0 unspecified atom stereocenters. The number of fused-ring (bicyclic) bond motifs is 1. The molecule has 2 aromatic heterocycles. The lowest BCUT2D eigenvalue weighted by Crippen LogP contribution is -2.47. The predicted molar refractivity (Wildman–Crippen MR) is 171 cm³/mol. The lowest BCUT2D eigenvalue weighted by atomic mass is 9.90. The van der Waals surface area contributed by atoms with Crippen molar-refractivity contribution in [2.45, 2.75) is 40.2 Å². The molecule has 0 aliphatic carbocycles. The standard InChI is InChI=1S/C31H39N5O5.2ClH/c1-5-36-26-9-8-25(20-27(26)34(4)29(38)31(2,3)30(36)39)41-18-7-17-35(21-23-10-14-32-15-11-23)16-6-13-33-28(37)24-12-19-40-22-24;;/h8-12,14-15,19-20,22H,5-7,13,16-18,21H2,1-4H3,(H,33,37);2*1H. The molecular formula is C31H41Cl2N5O5. The minimum atomic E-state index is -1.15. The Labute approximate surface area is 265 Å². The summed E-state index contributed by atoms with van der Waals surface area (Å²) >= 11 is 0. The summed E-state index contributed by atoms with van der Waals surface area (Å²) in [5.74, 6) is 0.0503. The Morgan fingerprint density at radius 3 is 2.42 bits per heavy atom. The third kappa shape index (κ3) is 8.72. The highest BCUT2D eigenvalue weighted by atomic mass is 35.5. The number of ether oxygens (including phenoxy) is 1. The van der Waals surface area contributed by atoms with Crippen LogP contribution in [0.15, 0.2) is 65.7 Å². The van der Waals surface area contributed by atoms with Gasteiger partial charge in [-0.15, -0.1) is 24.8 Å². The van der Waals surface area contributed by atoms with Crippen LogP contribution >= 0.6 is 24.8 Å². The van der Waals surface area contributed by atoms with Crippen LogP contribution in [0.1, 0.15) is 49.5 Å². The van der Waals surface area contributed by atoms with Crippen LogP contribution in [0.3, 0.4) is 0 Å². The Balaban J connectivity index is 0.00000323. The number of nitrogens with one attached hydrogen (secondary N) is 1. The summed E-state index contributed by atoms with van der Waals surface area (Å²) in [7, 11) is 1.70. The normalized spacial score (nSPS) is 14.0. The fraction of sp³-hybridized carbons (Fsp3) is 0.419. The van der Waals surface area contributed by atoms with Gasteiger partial charge in [0, 0.05) is 58.2 Å². The number of rotatable bonds is 13. The third-order valence-electron chi connectivity index (χ3n) is 7.30. The van der Waals surface area contributed by atoms with E-state index in [2.05, 4.69) is 15.2 Å². The average Bonchev–Trinajstić information content (AvgIpc) is 3.51. The fourth-order valence-electron chi connectivity index (χ4n) is 4.97. The second kappa shape index (κ2) is 16.3. The molecular weight excluding hydrogens is 593 g/mol. The highest BCUT2D eigenvalue weighted by molar-refractivity contribution is 6.20. The molecule has 3 amide bonds. The number of aromatic nitrogens is 1. The van der Waals surface area contributed by atoms with Gasteiger partial charge in [-0.2, -0.15) is 0 Å². The molecule has 43 heavy (non-hydrogen) atoms. The van der Waals surface area contributed by atoms with Gasteiger partial charge < -0.3 is 24.3 Å². The maximum Gasteiger partial charge on any atom is 0.254 e. The second-order valence-corrected chi connectivity index (χ2v) is 10.6. The zero-order valence-electron chi connectivity index (χ0n) is 25.1. The molecule has 10 nitrogen and oxygen atoms in total. The summed E-state index contributed by atoms with van der Waals surface area (Å²) in [6.07, 6.45) is 8.07. The molecule has 1 aromatic carbocycles. The van der Waals surface area contributed by atoms with Crippen molar-refractivity contribution in [2.24, 2.45) is 5.41 Å². The van der Waals surface area contributed by atoms with Crippen LogP contribution in [0.4, 0.5) is 11.4 Å². The van der Waals surface area contributed by atoms with E-state index < -0.39 is 5.41 Å². The minimum absolute atomic E-state index is 0. The number of benzene rings is 1. The topological polar surface area (TPSA) is 108 Å². The van der Waals surface area contributed by atoms with Gasteiger partial charge in [-0.05, 0) is 69.5 Å². The highest BCUT2D eigenvalue weighted by Crippen LogP contribution is 2.40. The molecule has 3 heterocycles. The number of amides is 3. The first kappa shape index (κ1) is 35.6. The highest BCUT2D eigenvalue weighted by Gasteiger charge is 2.45. The molecule has 3 aromatic rings. The van der Waals surface area contributed by atoms with Crippen LogP contribution in [0.25, 0.3) is 0 Å². The van der Waals surface area contributed by atoms with Crippen LogP contribution in [0, 0.1) is 5.41 Å². The molecule has 0 radical (unpaired) electrons. The van der Waals surface area contributed by atoms with E-state index in [-0.39, 0.29) is 42.5 Å². The SMILES string of the molecule is CCN1C(=O)C(C)(C)C(=O)N(C)c2cc(OCCCN(CCCNC(=O)c3ccoc3)Cc3ccncc3)ccc21.Cl.Cl.